The van der Waals surface area contributed by atoms with Gasteiger partial charge >= 0.3 is 0 Å². The van der Waals surface area contributed by atoms with Crippen LogP contribution in [0.15, 0.2) is 6.08 Å². The third-order valence-electron chi connectivity index (χ3n) is 1.47. The van der Waals surface area contributed by atoms with Crippen LogP contribution in [0, 0.1) is 0 Å². The fraction of sp³-hybridized carbons (Fsp3) is 0.667. The predicted octanol–water partition coefficient (Wildman–Crippen LogP) is 1.91. The minimum atomic E-state index is 0.141. The molecular weight excluding hydrogens is 140 g/mol. The number of rotatable bonds is 6. The van der Waals surface area contributed by atoms with E-state index in [0.717, 1.165) is 19.3 Å². The normalized spacial score (nSPS) is 8.82. The second-order valence-electron chi connectivity index (χ2n) is 2.52. The highest BCUT2D eigenvalue weighted by molar-refractivity contribution is 5.81. The summed E-state index contributed by atoms with van der Waals surface area (Å²) in [4.78, 5) is 20.6. The molecule has 0 rings (SSSR count). The first-order chi connectivity index (χ1) is 5.31. The molecule has 62 valence electrons. The van der Waals surface area contributed by atoms with Crippen LogP contribution in [0.3, 0.4) is 0 Å². The minimum Gasteiger partial charge on any atom is -0.299 e. The monoisotopic (exact) mass is 154 g/mol. The van der Waals surface area contributed by atoms with Crippen LogP contribution in [0.4, 0.5) is 0 Å². The Morgan fingerprint density at radius 3 is 2.73 bits per heavy atom. The summed E-state index contributed by atoms with van der Waals surface area (Å²) in [5.74, 6) is 1.73. The van der Waals surface area contributed by atoms with Crippen LogP contribution in [0.2, 0.25) is 0 Å². The van der Waals surface area contributed by atoms with E-state index in [2.05, 4.69) is 6.92 Å². The van der Waals surface area contributed by atoms with Gasteiger partial charge in [0.05, 0.1) is 0 Å². The maximum Gasteiger partial charge on any atom is 0.137 e. The number of unbranched alkanes of at least 4 members (excludes halogenated alkanes) is 2. The molecule has 0 aromatic carbocycles. The molecule has 0 N–H and O–H groups in total. The molecular formula is C9H14O2. The zero-order valence-electron chi connectivity index (χ0n) is 6.93. The number of carbonyl (C=O) groups excluding carboxylic acids is 2. The zero-order chi connectivity index (χ0) is 8.53. The Morgan fingerprint density at radius 1 is 1.45 bits per heavy atom. The van der Waals surface area contributed by atoms with Gasteiger partial charge < -0.3 is 0 Å². The minimum absolute atomic E-state index is 0.141. The lowest BCUT2D eigenvalue weighted by Gasteiger charge is -1.94. The quantitative estimate of drug-likeness (QED) is 0.432. The molecule has 0 radical (unpaired) electrons. The second kappa shape index (κ2) is 7.23. The Morgan fingerprint density at radius 2 is 2.18 bits per heavy atom. The molecule has 0 spiro atoms. The molecule has 0 unspecified atom stereocenters. The van der Waals surface area contributed by atoms with Crippen molar-refractivity contribution in [2.24, 2.45) is 0 Å². The van der Waals surface area contributed by atoms with Gasteiger partial charge in [-0.15, -0.1) is 0 Å². The standard InChI is InChI=1S/C9H14O2/c1-2-3-4-6-9(11)7-5-8-10/h5H,2-4,6-7H2,1H3. The highest BCUT2D eigenvalue weighted by Crippen LogP contribution is 2.01. The Kier molecular flexibility index (Phi) is 6.65. The summed E-state index contributed by atoms with van der Waals surface area (Å²) in [5, 5.41) is 0. The number of hydrogen-bond donors (Lipinski definition) is 0. The van der Waals surface area contributed by atoms with Crippen molar-refractivity contribution in [1.29, 1.82) is 0 Å². The van der Waals surface area contributed by atoms with Gasteiger partial charge in [-0.2, -0.15) is 0 Å². The van der Waals surface area contributed by atoms with E-state index in [1.54, 1.807) is 5.94 Å². The van der Waals surface area contributed by atoms with Gasteiger partial charge in [0.15, 0.2) is 0 Å². The van der Waals surface area contributed by atoms with Crippen molar-refractivity contribution >= 4 is 11.7 Å². The maximum absolute atomic E-state index is 10.9. The molecule has 0 atom stereocenters. The number of ketones is 1. The molecule has 0 aromatic rings. The smallest absolute Gasteiger partial charge is 0.137 e. The average Bonchev–Trinajstić information content (AvgIpc) is 2.01. The summed E-state index contributed by atoms with van der Waals surface area (Å²) < 4.78 is 0. The van der Waals surface area contributed by atoms with Crippen LogP contribution < -0.4 is 0 Å². The van der Waals surface area contributed by atoms with Gasteiger partial charge in [0.2, 0.25) is 0 Å². The van der Waals surface area contributed by atoms with Crippen LogP contribution in [-0.4, -0.2) is 11.7 Å². The summed E-state index contributed by atoms with van der Waals surface area (Å²) in [6.45, 7) is 2.09. The van der Waals surface area contributed by atoms with Crippen LogP contribution in [0.5, 0.6) is 0 Å². The first-order valence-electron chi connectivity index (χ1n) is 4.02. The molecule has 0 aliphatic carbocycles. The summed E-state index contributed by atoms with van der Waals surface area (Å²) in [6, 6.07) is 0. The number of Topliss-reactive ketones (excluding diaryl/α,β-unsaturated/α-hetero) is 1. The van der Waals surface area contributed by atoms with E-state index >= 15 is 0 Å². The SMILES string of the molecule is CCCCCC(=O)CC=C=O. The first-order valence-corrected chi connectivity index (χ1v) is 4.02. The van der Waals surface area contributed by atoms with Crippen molar-refractivity contribution in [1.82, 2.24) is 0 Å². The van der Waals surface area contributed by atoms with Crippen molar-refractivity contribution in [3.63, 3.8) is 0 Å². The molecule has 0 aromatic heterocycles. The topological polar surface area (TPSA) is 34.1 Å². The summed E-state index contributed by atoms with van der Waals surface area (Å²) in [7, 11) is 0. The largest absolute Gasteiger partial charge is 0.299 e. The highest BCUT2D eigenvalue weighted by Gasteiger charge is 1.97. The third-order valence-corrected chi connectivity index (χ3v) is 1.47. The van der Waals surface area contributed by atoms with Crippen molar-refractivity contribution < 1.29 is 9.59 Å². The summed E-state index contributed by atoms with van der Waals surface area (Å²) in [6.07, 6.45) is 5.27. The summed E-state index contributed by atoms with van der Waals surface area (Å²) >= 11 is 0. The molecule has 0 saturated heterocycles. The van der Waals surface area contributed by atoms with Crippen LogP contribution in [-0.2, 0) is 9.59 Å². The Bertz CT molecular complexity index is 155. The van der Waals surface area contributed by atoms with E-state index in [4.69, 9.17) is 0 Å². The predicted molar refractivity (Wildman–Crippen MR) is 44.0 cm³/mol. The molecule has 2 nitrogen and oxygen atoms in total. The van der Waals surface area contributed by atoms with Gasteiger partial charge in [-0.1, -0.05) is 19.8 Å². The fourth-order valence-electron chi connectivity index (χ4n) is 0.830. The van der Waals surface area contributed by atoms with E-state index in [1.165, 1.54) is 6.08 Å². The number of carbonyl (C=O) groups is 1. The van der Waals surface area contributed by atoms with Crippen molar-refractivity contribution in [2.75, 3.05) is 0 Å². The van der Waals surface area contributed by atoms with E-state index in [0.29, 0.717) is 6.42 Å². The lowest BCUT2D eigenvalue weighted by molar-refractivity contribution is -0.118. The lowest BCUT2D eigenvalue weighted by atomic mass is 10.1. The molecule has 0 fully saturated rings. The highest BCUT2D eigenvalue weighted by atomic mass is 16.1. The van der Waals surface area contributed by atoms with E-state index in [9.17, 15) is 9.59 Å². The van der Waals surface area contributed by atoms with Gasteiger partial charge in [0.1, 0.15) is 11.7 Å². The lowest BCUT2D eigenvalue weighted by Crippen LogP contribution is -1.94. The van der Waals surface area contributed by atoms with Gasteiger partial charge in [-0.25, -0.2) is 4.79 Å². The Balaban J connectivity index is 3.29. The number of hydrogen-bond acceptors (Lipinski definition) is 2. The first kappa shape index (κ1) is 10.1. The van der Waals surface area contributed by atoms with E-state index in [1.807, 2.05) is 0 Å². The van der Waals surface area contributed by atoms with Gasteiger partial charge in [-0.3, -0.25) is 4.79 Å². The Labute approximate surface area is 67.3 Å². The molecule has 0 heterocycles. The molecule has 2 heteroatoms. The van der Waals surface area contributed by atoms with Crippen molar-refractivity contribution in [3.05, 3.63) is 6.08 Å². The van der Waals surface area contributed by atoms with Crippen molar-refractivity contribution in [3.8, 4) is 0 Å². The van der Waals surface area contributed by atoms with Crippen LogP contribution in [0.25, 0.3) is 0 Å². The second-order valence-corrected chi connectivity index (χ2v) is 2.52. The molecule has 0 bridgehead atoms. The van der Waals surface area contributed by atoms with Crippen LogP contribution in [0.1, 0.15) is 39.0 Å². The van der Waals surface area contributed by atoms with Gasteiger partial charge in [0, 0.05) is 18.9 Å². The van der Waals surface area contributed by atoms with Crippen molar-refractivity contribution in [2.45, 2.75) is 39.0 Å². The average molecular weight is 154 g/mol. The fourth-order valence-corrected chi connectivity index (χ4v) is 0.830. The molecule has 0 saturated carbocycles. The van der Waals surface area contributed by atoms with Gasteiger partial charge in [0.25, 0.3) is 0 Å². The van der Waals surface area contributed by atoms with Crippen LogP contribution >= 0.6 is 0 Å². The molecule has 0 aliphatic heterocycles. The molecule has 11 heavy (non-hydrogen) atoms. The third kappa shape index (κ3) is 7.01. The molecule has 0 aliphatic rings. The Hall–Kier alpha value is -0.880. The van der Waals surface area contributed by atoms with Gasteiger partial charge in [-0.05, 0) is 6.42 Å². The van der Waals surface area contributed by atoms with E-state index < -0.39 is 0 Å². The zero-order valence-corrected chi connectivity index (χ0v) is 6.93. The maximum atomic E-state index is 10.9. The molecule has 0 amide bonds. The summed E-state index contributed by atoms with van der Waals surface area (Å²) in [5.41, 5.74) is 0. The van der Waals surface area contributed by atoms with E-state index in [-0.39, 0.29) is 12.2 Å². The number of allylic oxidation sites excluding steroid dienone is 1.